The van der Waals surface area contributed by atoms with E-state index in [-0.39, 0.29) is 11.6 Å². The van der Waals surface area contributed by atoms with Crippen LogP contribution in [0.25, 0.3) is 0 Å². The van der Waals surface area contributed by atoms with Gasteiger partial charge in [-0.25, -0.2) is 4.39 Å². The first-order valence-electron chi connectivity index (χ1n) is 5.32. The van der Waals surface area contributed by atoms with Crippen molar-refractivity contribution in [1.82, 2.24) is 15.5 Å². The Morgan fingerprint density at radius 3 is 3.00 bits per heavy atom. The number of nitrogens with zero attached hydrogens (tertiary/aromatic N) is 1. The smallest absolute Gasteiger partial charge is 0.254 e. The summed E-state index contributed by atoms with van der Waals surface area (Å²) in [7, 11) is 0. The van der Waals surface area contributed by atoms with Crippen molar-refractivity contribution >= 4 is 21.8 Å². The first kappa shape index (κ1) is 12.8. The van der Waals surface area contributed by atoms with E-state index in [1.54, 1.807) is 25.4 Å². The molecule has 0 saturated carbocycles. The highest BCUT2D eigenvalue weighted by Gasteiger charge is 2.15. The molecule has 2 aromatic rings. The molecule has 0 radical (unpaired) electrons. The summed E-state index contributed by atoms with van der Waals surface area (Å²) in [6.07, 6.45) is 3.30. The van der Waals surface area contributed by atoms with Gasteiger partial charge in [0.2, 0.25) is 0 Å². The fourth-order valence-corrected chi connectivity index (χ4v) is 1.89. The third-order valence-corrected chi connectivity index (χ3v) is 3.03. The maximum Gasteiger partial charge on any atom is 0.254 e. The van der Waals surface area contributed by atoms with Crippen LogP contribution in [0.2, 0.25) is 0 Å². The van der Waals surface area contributed by atoms with Crippen LogP contribution < -0.4 is 5.32 Å². The minimum absolute atomic E-state index is 0.0136. The molecule has 1 atom stereocenters. The van der Waals surface area contributed by atoms with Crippen LogP contribution in [0.15, 0.2) is 35.1 Å². The number of aromatic nitrogens is 2. The van der Waals surface area contributed by atoms with Gasteiger partial charge >= 0.3 is 0 Å². The Kier molecular flexibility index (Phi) is 3.76. The molecule has 6 heteroatoms. The number of hydrogen-bond acceptors (Lipinski definition) is 2. The lowest BCUT2D eigenvalue weighted by Crippen LogP contribution is -2.27. The number of H-pyrrole nitrogens is 1. The Bertz CT molecular complexity index is 556. The Hall–Kier alpha value is -1.69. The summed E-state index contributed by atoms with van der Waals surface area (Å²) in [6.45, 7) is 1.80. The molecule has 0 spiro atoms. The van der Waals surface area contributed by atoms with Crippen molar-refractivity contribution in [3.05, 3.63) is 52.0 Å². The largest absolute Gasteiger partial charge is 0.345 e. The van der Waals surface area contributed by atoms with Gasteiger partial charge in [-0.3, -0.25) is 9.89 Å². The zero-order chi connectivity index (χ0) is 13.1. The van der Waals surface area contributed by atoms with Crippen LogP contribution in [0, 0.1) is 5.82 Å². The van der Waals surface area contributed by atoms with Crippen LogP contribution in [0.3, 0.4) is 0 Å². The molecule has 94 valence electrons. The third kappa shape index (κ3) is 2.76. The average molecular weight is 312 g/mol. The Morgan fingerprint density at radius 2 is 2.33 bits per heavy atom. The summed E-state index contributed by atoms with van der Waals surface area (Å²) >= 11 is 3.21. The first-order valence-corrected chi connectivity index (χ1v) is 6.12. The molecule has 0 aliphatic heterocycles. The van der Waals surface area contributed by atoms with Crippen molar-refractivity contribution < 1.29 is 9.18 Å². The van der Waals surface area contributed by atoms with Gasteiger partial charge in [0, 0.05) is 16.2 Å². The molecule has 2 N–H and O–H groups in total. The van der Waals surface area contributed by atoms with Gasteiger partial charge in [0.15, 0.2) is 0 Å². The van der Waals surface area contributed by atoms with E-state index in [1.807, 2.05) is 0 Å². The second-order valence-electron chi connectivity index (χ2n) is 3.85. The second kappa shape index (κ2) is 5.30. The summed E-state index contributed by atoms with van der Waals surface area (Å²) in [5, 5.41) is 9.17. The Morgan fingerprint density at radius 1 is 1.56 bits per heavy atom. The topological polar surface area (TPSA) is 57.8 Å². The molecule has 0 aliphatic rings. The molecule has 0 aliphatic carbocycles. The maximum absolute atomic E-state index is 13.5. The highest BCUT2D eigenvalue weighted by molar-refractivity contribution is 9.10. The number of carbonyl (C=O) groups excluding carboxylic acids is 1. The number of aromatic amines is 1. The molecular formula is C12H11BrFN3O. The monoisotopic (exact) mass is 311 g/mol. The number of carbonyl (C=O) groups is 1. The highest BCUT2D eigenvalue weighted by Crippen LogP contribution is 2.17. The molecule has 1 aromatic heterocycles. The van der Waals surface area contributed by atoms with Crippen molar-refractivity contribution in [2.75, 3.05) is 0 Å². The van der Waals surface area contributed by atoms with E-state index in [0.717, 1.165) is 5.56 Å². The number of nitrogens with one attached hydrogen (secondary N) is 2. The van der Waals surface area contributed by atoms with E-state index in [9.17, 15) is 9.18 Å². The molecule has 4 nitrogen and oxygen atoms in total. The van der Waals surface area contributed by atoms with Gasteiger partial charge in [-0.15, -0.1) is 0 Å². The zero-order valence-electron chi connectivity index (χ0n) is 9.58. The molecule has 0 saturated heterocycles. The fourth-order valence-electron chi connectivity index (χ4n) is 1.53. The van der Waals surface area contributed by atoms with Gasteiger partial charge < -0.3 is 5.32 Å². The lowest BCUT2D eigenvalue weighted by Gasteiger charge is -2.12. The summed E-state index contributed by atoms with van der Waals surface area (Å²) in [6, 6.07) is 4.01. The molecule has 1 unspecified atom stereocenters. The molecule has 18 heavy (non-hydrogen) atoms. The van der Waals surface area contributed by atoms with Gasteiger partial charge in [-0.2, -0.15) is 5.10 Å². The number of hydrogen-bond donors (Lipinski definition) is 2. The third-order valence-electron chi connectivity index (χ3n) is 2.54. The molecule has 0 bridgehead atoms. The summed E-state index contributed by atoms with van der Waals surface area (Å²) in [5.74, 6) is -1.00. The van der Waals surface area contributed by atoms with E-state index in [0.29, 0.717) is 4.47 Å². The zero-order valence-corrected chi connectivity index (χ0v) is 11.2. The van der Waals surface area contributed by atoms with Gasteiger partial charge in [0.1, 0.15) is 5.82 Å². The summed E-state index contributed by atoms with van der Waals surface area (Å²) < 4.78 is 14.2. The van der Waals surface area contributed by atoms with Crippen LogP contribution in [0.1, 0.15) is 28.9 Å². The highest BCUT2D eigenvalue weighted by atomic mass is 79.9. The van der Waals surface area contributed by atoms with Crippen LogP contribution in [0.5, 0.6) is 0 Å². The number of halogens is 2. The molecule has 2 rings (SSSR count). The van der Waals surface area contributed by atoms with Crippen LogP contribution in [0.4, 0.5) is 4.39 Å². The molecule has 1 heterocycles. The fraction of sp³-hybridized carbons (Fsp3) is 0.167. The van der Waals surface area contributed by atoms with E-state index >= 15 is 0 Å². The molecule has 1 aromatic carbocycles. The van der Waals surface area contributed by atoms with Crippen LogP contribution >= 0.6 is 15.9 Å². The molecular weight excluding hydrogens is 301 g/mol. The van der Waals surface area contributed by atoms with E-state index < -0.39 is 11.7 Å². The van der Waals surface area contributed by atoms with Crippen molar-refractivity contribution in [2.24, 2.45) is 0 Å². The van der Waals surface area contributed by atoms with Crippen molar-refractivity contribution in [1.29, 1.82) is 0 Å². The summed E-state index contributed by atoms with van der Waals surface area (Å²) in [5.41, 5.74) is 0.846. The molecule has 0 fully saturated rings. The Labute approximate surface area is 112 Å². The summed E-state index contributed by atoms with van der Waals surface area (Å²) in [4.78, 5) is 11.9. The van der Waals surface area contributed by atoms with Crippen molar-refractivity contribution in [3.63, 3.8) is 0 Å². The normalized spacial score (nSPS) is 12.2. The first-order chi connectivity index (χ1) is 8.58. The lowest BCUT2D eigenvalue weighted by molar-refractivity contribution is 0.0936. The average Bonchev–Trinajstić information content (AvgIpc) is 2.85. The van der Waals surface area contributed by atoms with E-state index in [2.05, 4.69) is 31.4 Å². The van der Waals surface area contributed by atoms with E-state index in [1.165, 1.54) is 12.1 Å². The van der Waals surface area contributed by atoms with E-state index in [4.69, 9.17) is 0 Å². The minimum Gasteiger partial charge on any atom is -0.345 e. The maximum atomic E-state index is 13.5. The van der Waals surface area contributed by atoms with Crippen LogP contribution in [-0.2, 0) is 0 Å². The Balaban J connectivity index is 2.15. The quantitative estimate of drug-likeness (QED) is 0.915. The van der Waals surface area contributed by atoms with Crippen LogP contribution in [-0.4, -0.2) is 16.1 Å². The van der Waals surface area contributed by atoms with Gasteiger partial charge in [-0.05, 0) is 25.1 Å². The van der Waals surface area contributed by atoms with Crippen molar-refractivity contribution in [3.8, 4) is 0 Å². The number of amides is 1. The number of benzene rings is 1. The van der Waals surface area contributed by atoms with Gasteiger partial charge in [0.25, 0.3) is 5.91 Å². The SMILES string of the molecule is CC(NC(=O)c1cc(Br)ccc1F)c1cn[nH]c1. The van der Waals surface area contributed by atoms with Crippen molar-refractivity contribution in [2.45, 2.75) is 13.0 Å². The number of rotatable bonds is 3. The predicted molar refractivity (Wildman–Crippen MR) is 68.6 cm³/mol. The second-order valence-corrected chi connectivity index (χ2v) is 4.77. The van der Waals surface area contributed by atoms with Gasteiger partial charge in [-0.1, -0.05) is 15.9 Å². The predicted octanol–water partition coefficient (Wildman–Crippen LogP) is 2.80. The lowest BCUT2D eigenvalue weighted by atomic mass is 10.1. The van der Waals surface area contributed by atoms with Gasteiger partial charge in [0.05, 0.1) is 17.8 Å². The molecule has 1 amide bonds. The minimum atomic E-state index is -0.546. The standard InChI is InChI=1S/C12H11BrFN3O/c1-7(8-5-15-16-6-8)17-12(18)10-4-9(13)2-3-11(10)14/h2-7H,1H3,(H,15,16)(H,17,18).